The van der Waals surface area contributed by atoms with Gasteiger partial charge in [-0.1, -0.05) is 38.2 Å². The summed E-state index contributed by atoms with van der Waals surface area (Å²) < 4.78 is 5.39. The first-order valence-electron chi connectivity index (χ1n) is 13.1. The molecule has 0 spiro atoms. The molecule has 6 nitrogen and oxygen atoms in total. The Kier molecular flexibility index (Phi) is 7.51. The lowest BCUT2D eigenvalue weighted by Gasteiger charge is -2.47. The molecule has 4 fully saturated rings. The molecule has 6 heteroatoms. The van der Waals surface area contributed by atoms with Gasteiger partial charge in [0.2, 0.25) is 0 Å². The molecular weight excluding hydrogens is 432 g/mol. The Morgan fingerprint density at radius 2 is 1.88 bits per heavy atom. The molecule has 0 amide bonds. The highest BCUT2D eigenvalue weighted by Crippen LogP contribution is 2.60. The van der Waals surface area contributed by atoms with Gasteiger partial charge in [0.15, 0.2) is 6.29 Å². The lowest BCUT2D eigenvalue weighted by Crippen LogP contribution is -2.59. The second-order valence-electron chi connectivity index (χ2n) is 12.0. The van der Waals surface area contributed by atoms with Gasteiger partial charge in [-0.25, -0.2) is 0 Å². The van der Waals surface area contributed by atoms with E-state index in [-0.39, 0.29) is 17.9 Å². The molecule has 0 radical (unpaired) electrons. The summed E-state index contributed by atoms with van der Waals surface area (Å²) >= 11 is 0. The first-order chi connectivity index (χ1) is 15.9. The van der Waals surface area contributed by atoms with Gasteiger partial charge in [-0.2, -0.15) is 0 Å². The third kappa shape index (κ3) is 4.70. The smallest absolute Gasteiger partial charge is 0.186 e. The topological polar surface area (TPSA) is 110 Å². The van der Waals surface area contributed by atoms with E-state index < -0.39 is 30.2 Å². The number of ether oxygens (including phenoxy) is 1. The fourth-order valence-corrected chi connectivity index (χ4v) is 7.62. The van der Waals surface area contributed by atoms with Crippen molar-refractivity contribution in [1.29, 1.82) is 0 Å². The van der Waals surface area contributed by atoms with E-state index in [2.05, 4.69) is 32.6 Å². The molecule has 0 bridgehead atoms. The lowest BCUT2D eigenvalue weighted by atomic mass is 9.60. The van der Waals surface area contributed by atoms with Gasteiger partial charge in [0.05, 0.1) is 24.9 Å². The molecule has 5 N–H and O–H groups in total. The van der Waals surface area contributed by atoms with Crippen LogP contribution in [0.4, 0.5) is 0 Å². The number of hydrogen-bond donors (Lipinski definition) is 5. The molecular formula is C28H44O6. The molecule has 10 atom stereocenters. The van der Waals surface area contributed by atoms with Crippen molar-refractivity contribution in [1.82, 2.24) is 0 Å². The van der Waals surface area contributed by atoms with E-state index in [4.69, 9.17) is 4.74 Å². The van der Waals surface area contributed by atoms with E-state index in [9.17, 15) is 25.5 Å². The van der Waals surface area contributed by atoms with Gasteiger partial charge in [0.1, 0.15) is 5.60 Å². The highest BCUT2D eigenvalue weighted by Gasteiger charge is 2.52. The zero-order chi connectivity index (χ0) is 24.8. The Bertz CT molecular complexity index is 831. The van der Waals surface area contributed by atoms with Crippen LogP contribution >= 0.6 is 0 Å². The monoisotopic (exact) mass is 476 g/mol. The normalized spacial score (nSPS) is 48.8. The van der Waals surface area contributed by atoms with Gasteiger partial charge in [-0.05, 0) is 86.2 Å². The summed E-state index contributed by atoms with van der Waals surface area (Å²) in [6.07, 6.45) is 8.14. The van der Waals surface area contributed by atoms with Gasteiger partial charge in [-0.3, -0.25) is 0 Å². The minimum Gasteiger partial charge on any atom is -0.393 e. The van der Waals surface area contributed by atoms with Crippen LogP contribution in [0.15, 0.2) is 35.5 Å². The second kappa shape index (κ2) is 9.79. The second-order valence-corrected chi connectivity index (χ2v) is 12.0. The number of rotatable bonds is 4. The highest BCUT2D eigenvalue weighted by atomic mass is 16.6. The van der Waals surface area contributed by atoms with Crippen molar-refractivity contribution in [2.24, 2.45) is 29.1 Å². The van der Waals surface area contributed by atoms with Crippen LogP contribution in [0.5, 0.6) is 0 Å². The quantitative estimate of drug-likeness (QED) is 0.426. The third-order valence-corrected chi connectivity index (χ3v) is 9.68. The molecule has 0 aromatic carbocycles. The van der Waals surface area contributed by atoms with Gasteiger partial charge >= 0.3 is 0 Å². The minimum atomic E-state index is -1.65. The van der Waals surface area contributed by atoms with E-state index in [1.54, 1.807) is 0 Å². The molecule has 4 rings (SSSR count). The molecule has 3 saturated carbocycles. The predicted octanol–water partition coefficient (Wildman–Crippen LogP) is 3.23. The lowest BCUT2D eigenvalue weighted by molar-refractivity contribution is -0.287. The highest BCUT2D eigenvalue weighted by molar-refractivity contribution is 5.38. The minimum absolute atomic E-state index is 0.188. The van der Waals surface area contributed by atoms with Crippen LogP contribution in [-0.4, -0.2) is 62.3 Å². The summed E-state index contributed by atoms with van der Waals surface area (Å²) in [6.45, 7) is 10.4. The number of allylic oxidation sites excluding steroid dienone is 3. The Morgan fingerprint density at radius 1 is 1.15 bits per heavy atom. The molecule has 1 saturated heterocycles. The molecule has 0 aromatic heterocycles. The number of fused-ring (bicyclic) bond motifs is 1. The fraction of sp³-hybridized carbons (Fsp3) is 0.786. The van der Waals surface area contributed by atoms with Crippen molar-refractivity contribution in [2.45, 2.75) is 102 Å². The number of hydrogen-bond acceptors (Lipinski definition) is 6. The van der Waals surface area contributed by atoms with Crippen molar-refractivity contribution in [3.05, 3.63) is 35.5 Å². The summed E-state index contributed by atoms with van der Waals surface area (Å²) in [5.41, 5.74) is 1.68. The SMILES string of the molecule is C=C1/C(=C\C=C2/CCC[C@@]3(C)C2CC[C@@H]3[C@H](C)C[C@H]2COC(O)[C@](C)(O)[C@@H]2O)C[C@@H](O)C[C@@H]1O. The largest absolute Gasteiger partial charge is 0.393 e. The molecule has 0 aromatic rings. The number of aliphatic hydroxyl groups excluding tert-OH is 4. The van der Waals surface area contributed by atoms with Crippen molar-refractivity contribution in [2.75, 3.05) is 6.61 Å². The molecule has 4 aliphatic rings. The van der Waals surface area contributed by atoms with Gasteiger partial charge < -0.3 is 30.3 Å². The van der Waals surface area contributed by atoms with Gasteiger partial charge in [0.25, 0.3) is 0 Å². The molecule has 192 valence electrons. The first kappa shape index (κ1) is 26.1. The maximum Gasteiger partial charge on any atom is 0.186 e. The maximum absolute atomic E-state index is 10.7. The summed E-state index contributed by atoms with van der Waals surface area (Å²) in [4.78, 5) is 0. The molecule has 1 heterocycles. The van der Waals surface area contributed by atoms with Gasteiger partial charge in [-0.15, -0.1) is 0 Å². The molecule has 2 unspecified atom stereocenters. The van der Waals surface area contributed by atoms with Crippen LogP contribution in [0.2, 0.25) is 0 Å². The van der Waals surface area contributed by atoms with Gasteiger partial charge in [0, 0.05) is 12.3 Å². The van der Waals surface area contributed by atoms with E-state index in [0.717, 1.165) is 43.3 Å². The standard InChI is InChI=1S/C28H44O6/c1-16(12-20-15-34-26(32)28(4,33)25(20)31)22-9-10-23-18(6-5-11-27(22,23)3)7-8-19-13-21(29)14-24(30)17(19)2/h7-8,16,20-26,29-33H,2,5-6,9-15H2,1,3-4H3/b18-7+,19-8-/t16-,20+,21-,22-,23?,24+,25-,26?,27-,28-/m1/s1. The van der Waals surface area contributed by atoms with Crippen LogP contribution < -0.4 is 0 Å². The van der Waals surface area contributed by atoms with Crippen LogP contribution in [0.1, 0.15) is 72.1 Å². The summed E-state index contributed by atoms with van der Waals surface area (Å²) in [5, 5.41) is 51.3. The predicted molar refractivity (Wildman–Crippen MR) is 131 cm³/mol. The van der Waals surface area contributed by atoms with Crippen LogP contribution in [-0.2, 0) is 4.74 Å². The average Bonchev–Trinajstić information content (AvgIpc) is 3.13. The Morgan fingerprint density at radius 3 is 2.62 bits per heavy atom. The van der Waals surface area contributed by atoms with Crippen molar-refractivity contribution in [3.8, 4) is 0 Å². The van der Waals surface area contributed by atoms with Crippen LogP contribution in [0, 0.1) is 29.1 Å². The zero-order valence-corrected chi connectivity index (χ0v) is 21.0. The molecule has 1 aliphatic heterocycles. The van der Waals surface area contributed by atoms with Crippen molar-refractivity contribution >= 4 is 0 Å². The summed E-state index contributed by atoms with van der Waals surface area (Å²) in [6, 6.07) is 0. The van der Waals surface area contributed by atoms with E-state index in [0.29, 0.717) is 30.6 Å². The van der Waals surface area contributed by atoms with Crippen molar-refractivity contribution in [3.63, 3.8) is 0 Å². The first-order valence-corrected chi connectivity index (χ1v) is 13.1. The number of aliphatic hydroxyl groups is 5. The fourth-order valence-electron chi connectivity index (χ4n) is 7.62. The average molecular weight is 477 g/mol. The summed E-state index contributed by atoms with van der Waals surface area (Å²) in [5.74, 6) is 1.20. The van der Waals surface area contributed by atoms with E-state index in [1.807, 2.05) is 0 Å². The Labute approximate surface area is 204 Å². The van der Waals surface area contributed by atoms with Crippen molar-refractivity contribution < 1.29 is 30.3 Å². The summed E-state index contributed by atoms with van der Waals surface area (Å²) in [7, 11) is 0. The zero-order valence-electron chi connectivity index (χ0n) is 21.0. The molecule has 34 heavy (non-hydrogen) atoms. The third-order valence-electron chi connectivity index (χ3n) is 9.68. The van der Waals surface area contributed by atoms with Crippen LogP contribution in [0.25, 0.3) is 0 Å². The molecule has 3 aliphatic carbocycles. The Balaban J connectivity index is 1.47. The van der Waals surface area contributed by atoms with E-state index in [1.165, 1.54) is 18.9 Å². The maximum atomic E-state index is 10.7. The van der Waals surface area contributed by atoms with E-state index >= 15 is 0 Å². The Hall–Kier alpha value is -1.02. The van der Waals surface area contributed by atoms with Crippen LogP contribution in [0.3, 0.4) is 0 Å².